The van der Waals surface area contributed by atoms with Crippen molar-refractivity contribution in [3.63, 3.8) is 0 Å². The van der Waals surface area contributed by atoms with Crippen molar-refractivity contribution in [2.24, 2.45) is 4.99 Å². The number of methoxy groups -OCH3 is 1. The summed E-state index contributed by atoms with van der Waals surface area (Å²) in [5.74, 6) is -0.768. The number of allylic oxidation sites excluding steroid dienone is 1. The van der Waals surface area contributed by atoms with E-state index in [1.165, 1.54) is 23.0 Å². The van der Waals surface area contributed by atoms with Gasteiger partial charge in [-0.2, -0.15) is 0 Å². The molecule has 1 aliphatic rings. The molecule has 4 rings (SSSR count). The van der Waals surface area contributed by atoms with Gasteiger partial charge in [0.05, 0.1) is 45.1 Å². The number of hydrogen-bond acceptors (Lipinski definition) is 8. The summed E-state index contributed by atoms with van der Waals surface area (Å²) in [5, 5.41) is 0.250. The Bertz CT molecular complexity index is 1600. The van der Waals surface area contributed by atoms with Crippen LogP contribution in [0.25, 0.3) is 6.08 Å². The van der Waals surface area contributed by atoms with Crippen LogP contribution in [-0.2, 0) is 19.1 Å². The van der Waals surface area contributed by atoms with Gasteiger partial charge in [-0.05, 0) is 66.0 Å². The average molecular weight is 620 g/mol. The molecule has 0 saturated heterocycles. The van der Waals surface area contributed by atoms with Gasteiger partial charge in [-0.3, -0.25) is 9.36 Å². The maximum atomic E-state index is 13.7. The number of aryl methyl sites for hydroxylation is 1. The monoisotopic (exact) mass is 618 g/mol. The third kappa shape index (κ3) is 5.62. The van der Waals surface area contributed by atoms with E-state index in [2.05, 4.69) is 25.7 Å². The number of ether oxygens (including phenoxy) is 3. The first-order chi connectivity index (χ1) is 18.1. The van der Waals surface area contributed by atoms with Gasteiger partial charge < -0.3 is 14.2 Å². The largest absolute Gasteiger partial charge is 0.479 e. The first-order valence-electron chi connectivity index (χ1n) is 11.6. The zero-order chi connectivity index (χ0) is 27.6. The summed E-state index contributed by atoms with van der Waals surface area (Å²) in [7, 11) is 1.27. The minimum absolute atomic E-state index is 0.204. The standard InChI is InChI=1S/C27H24BrClN2O6S/c1-5-36-26(34)22-15(3)30-27-31(23(22)17-8-6-14(2)7-9-17)25(33)20(38-27)12-16-10-18(28)24(19(29)11-16)37-13-21(32)35-4/h6-12,23H,5,13H2,1-4H3/b20-12+/t23-/m0/s1. The summed E-state index contributed by atoms with van der Waals surface area (Å²) in [5.41, 5.74) is 2.99. The fraction of sp³-hybridized carbons (Fsp3) is 0.259. The van der Waals surface area contributed by atoms with Gasteiger partial charge in [0, 0.05) is 0 Å². The van der Waals surface area contributed by atoms with Crippen LogP contribution in [0, 0.1) is 6.92 Å². The molecule has 0 fully saturated rings. The third-order valence-electron chi connectivity index (χ3n) is 5.79. The molecule has 1 atom stereocenters. The van der Waals surface area contributed by atoms with Crippen LogP contribution in [0.5, 0.6) is 5.75 Å². The Kier molecular flexibility index (Phi) is 8.54. The van der Waals surface area contributed by atoms with Crippen molar-refractivity contribution < 1.29 is 23.8 Å². The summed E-state index contributed by atoms with van der Waals surface area (Å²) < 4.78 is 17.8. The molecule has 11 heteroatoms. The van der Waals surface area contributed by atoms with E-state index in [4.69, 9.17) is 21.1 Å². The van der Waals surface area contributed by atoms with Crippen LogP contribution in [-0.4, -0.2) is 36.8 Å². The van der Waals surface area contributed by atoms with Gasteiger partial charge in [-0.15, -0.1) is 0 Å². The fourth-order valence-corrected chi connectivity index (χ4v) is 6.03. The summed E-state index contributed by atoms with van der Waals surface area (Å²) >= 11 is 11.0. The van der Waals surface area contributed by atoms with Gasteiger partial charge >= 0.3 is 11.9 Å². The Balaban J connectivity index is 1.83. The van der Waals surface area contributed by atoms with Crippen molar-refractivity contribution in [1.82, 2.24) is 4.57 Å². The van der Waals surface area contributed by atoms with Crippen molar-refractivity contribution in [3.8, 4) is 5.75 Å². The number of carbonyl (C=O) groups excluding carboxylic acids is 2. The maximum Gasteiger partial charge on any atom is 0.343 e. The molecule has 8 nitrogen and oxygen atoms in total. The molecule has 0 radical (unpaired) electrons. The number of fused-ring (bicyclic) bond motifs is 1. The van der Waals surface area contributed by atoms with Crippen molar-refractivity contribution in [3.05, 3.63) is 93.5 Å². The van der Waals surface area contributed by atoms with E-state index in [1.54, 1.807) is 32.1 Å². The van der Waals surface area contributed by atoms with Crippen LogP contribution in [0.3, 0.4) is 0 Å². The lowest BCUT2D eigenvalue weighted by Gasteiger charge is -2.24. The molecular formula is C27H24BrClN2O6S. The molecule has 1 aromatic heterocycles. The van der Waals surface area contributed by atoms with Gasteiger partial charge in [-0.1, -0.05) is 52.8 Å². The Morgan fingerprint density at radius 1 is 1.21 bits per heavy atom. The molecule has 0 N–H and O–H groups in total. The number of carbonyl (C=O) groups is 2. The van der Waals surface area contributed by atoms with Crippen LogP contribution >= 0.6 is 38.9 Å². The van der Waals surface area contributed by atoms with Crippen molar-refractivity contribution in [1.29, 1.82) is 0 Å². The zero-order valence-electron chi connectivity index (χ0n) is 21.0. The topological polar surface area (TPSA) is 96.2 Å². The van der Waals surface area contributed by atoms with E-state index in [-0.39, 0.29) is 29.5 Å². The predicted octanol–water partition coefficient (Wildman–Crippen LogP) is 4.07. The van der Waals surface area contributed by atoms with Crippen LogP contribution in [0.15, 0.2) is 61.9 Å². The van der Waals surface area contributed by atoms with E-state index < -0.39 is 18.0 Å². The number of aromatic nitrogens is 1. The lowest BCUT2D eigenvalue weighted by Crippen LogP contribution is -2.39. The lowest BCUT2D eigenvalue weighted by atomic mass is 9.95. The molecule has 198 valence electrons. The fourth-order valence-electron chi connectivity index (χ4n) is 4.00. The Morgan fingerprint density at radius 2 is 1.92 bits per heavy atom. The van der Waals surface area contributed by atoms with Crippen LogP contribution in [0.2, 0.25) is 5.02 Å². The highest BCUT2D eigenvalue weighted by molar-refractivity contribution is 9.10. The minimum atomic E-state index is -0.683. The molecule has 0 saturated carbocycles. The van der Waals surface area contributed by atoms with Gasteiger partial charge in [0.15, 0.2) is 17.2 Å². The summed E-state index contributed by atoms with van der Waals surface area (Å²) in [6, 6.07) is 10.3. The summed E-state index contributed by atoms with van der Waals surface area (Å²) in [6.07, 6.45) is 1.69. The molecular weight excluding hydrogens is 596 g/mol. The lowest BCUT2D eigenvalue weighted by molar-refractivity contribution is -0.143. The number of benzene rings is 2. The highest BCUT2D eigenvalue weighted by atomic mass is 79.9. The molecule has 0 aliphatic carbocycles. The van der Waals surface area contributed by atoms with Crippen LogP contribution in [0.1, 0.15) is 36.6 Å². The second-order valence-corrected chi connectivity index (χ2v) is 10.7. The van der Waals surface area contributed by atoms with Gasteiger partial charge in [0.2, 0.25) is 0 Å². The molecule has 1 aliphatic heterocycles. The molecule has 0 amide bonds. The van der Waals surface area contributed by atoms with Crippen molar-refractivity contribution in [2.45, 2.75) is 26.8 Å². The highest BCUT2D eigenvalue weighted by Gasteiger charge is 2.33. The number of nitrogens with zero attached hydrogens (tertiary/aromatic N) is 2. The Labute approximate surface area is 236 Å². The smallest absolute Gasteiger partial charge is 0.343 e. The molecule has 2 aromatic carbocycles. The Hall–Kier alpha value is -3.21. The summed E-state index contributed by atoms with van der Waals surface area (Å²) in [6.45, 7) is 5.36. The van der Waals surface area contributed by atoms with Crippen molar-refractivity contribution in [2.75, 3.05) is 20.3 Å². The van der Waals surface area contributed by atoms with E-state index in [0.717, 1.165) is 11.1 Å². The minimum Gasteiger partial charge on any atom is -0.479 e. The number of thiazole rings is 1. The summed E-state index contributed by atoms with van der Waals surface area (Å²) in [4.78, 5) is 43.2. The van der Waals surface area contributed by atoms with E-state index >= 15 is 0 Å². The second kappa shape index (κ2) is 11.7. The van der Waals surface area contributed by atoms with Crippen molar-refractivity contribution >= 4 is 56.9 Å². The van der Waals surface area contributed by atoms with Gasteiger partial charge in [0.1, 0.15) is 0 Å². The first-order valence-corrected chi connectivity index (χ1v) is 13.6. The number of halogens is 2. The number of hydrogen-bond donors (Lipinski definition) is 0. The maximum absolute atomic E-state index is 13.7. The van der Waals surface area contributed by atoms with Gasteiger partial charge in [-0.25, -0.2) is 14.6 Å². The second-order valence-electron chi connectivity index (χ2n) is 8.39. The quantitative estimate of drug-likeness (QED) is 0.370. The molecule has 2 heterocycles. The number of rotatable bonds is 7. The normalized spacial score (nSPS) is 15.1. The third-order valence-corrected chi connectivity index (χ3v) is 7.64. The molecule has 0 spiro atoms. The van der Waals surface area contributed by atoms with Crippen LogP contribution in [0.4, 0.5) is 0 Å². The molecule has 0 unspecified atom stereocenters. The first kappa shape index (κ1) is 27.8. The SMILES string of the molecule is CCOC(=O)C1=C(C)N=c2s/c(=C/c3cc(Cl)c(OCC(=O)OC)c(Br)c3)c(=O)n2[C@H]1c1ccc(C)cc1. The zero-order valence-corrected chi connectivity index (χ0v) is 24.2. The predicted molar refractivity (Wildman–Crippen MR) is 148 cm³/mol. The van der Waals surface area contributed by atoms with Gasteiger partial charge in [0.25, 0.3) is 5.56 Å². The number of esters is 2. The van der Waals surface area contributed by atoms with E-state index in [9.17, 15) is 14.4 Å². The highest BCUT2D eigenvalue weighted by Crippen LogP contribution is 2.35. The van der Waals surface area contributed by atoms with E-state index in [0.29, 0.717) is 30.6 Å². The molecule has 3 aromatic rings. The molecule has 0 bridgehead atoms. The Morgan fingerprint density at radius 3 is 2.55 bits per heavy atom. The van der Waals surface area contributed by atoms with E-state index in [1.807, 2.05) is 31.2 Å². The van der Waals surface area contributed by atoms with Crippen LogP contribution < -0.4 is 19.6 Å². The molecule has 38 heavy (non-hydrogen) atoms. The average Bonchev–Trinajstić information content (AvgIpc) is 3.17.